The molecule has 1 amide bonds. The molecular formula is C17H20ClN3O3S2. The van der Waals surface area contributed by atoms with E-state index in [9.17, 15) is 13.2 Å². The molecule has 1 unspecified atom stereocenters. The first-order valence-corrected chi connectivity index (χ1v) is 11.0. The van der Waals surface area contributed by atoms with Crippen LogP contribution < -0.4 is 10.0 Å². The molecular weight excluding hydrogens is 394 g/mol. The number of amides is 1. The summed E-state index contributed by atoms with van der Waals surface area (Å²) in [6, 6.07) is 5.98. The predicted molar refractivity (Wildman–Crippen MR) is 103 cm³/mol. The lowest BCUT2D eigenvalue weighted by atomic mass is 9.93. The molecule has 0 spiro atoms. The zero-order chi connectivity index (χ0) is 18.7. The summed E-state index contributed by atoms with van der Waals surface area (Å²) < 4.78 is 26.8. The van der Waals surface area contributed by atoms with Gasteiger partial charge in [0.15, 0.2) is 5.13 Å². The molecule has 1 heterocycles. The Labute approximate surface area is 162 Å². The second-order valence-corrected chi connectivity index (χ2v) is 9.68. The first-order valence-electron chi connectivity index (χ1n) is 8.37. The van der Waals surface area contributed by atoms with Crippen molar-refractivity contribution in [3.63, 3.8) is 0 Å². The molecule has 1 atom stereocenters. The Morgan fingerprint density at radius 2 is 2.23 bits per heavy atom. The molecule has 0 fully saturated rings. The number of aryl methyl sites for hydroxylation is 1. The van der Waals surface area contributed by atoms with Gasteiger partial charge in [-0.1, -0.05) is 24.6 Å². The van der Waals surface area contributed by atoms with Gasteiger partial charge < -0.3 is 5.32 Å². The molecule has 2 N–H and O–H groups in total. The number of nitrogens with one attached hydrogen (secondary N) is 2. The van der Waals surface area contributed by atoms with E-state index in [1.165, 1.54) is 28.3 Å². The molecule has 1 aromatic heterocycles. The van der Waals surface area contributed by atoms with Crippen molar-refractivity contribution in [3.05, 3.63) is 39.9 Å². The van der Waals surface area contributed by atoms with Gasteiger partial charge in [-0.2, -0.15) is 0 Å². The van der Waals surface area contributed by atoms with Gasteiger partial charge in [0.05, 0.1) is 10.6 Å². The van der Waals surface area contributed by atoms with Gasteiger partial charge in [0.1, 0.15) is 0 Å². The lowest BCUT2D eigenvalue weighted by molar-refractivity contribution is -0.116. The third-order valence-corrected chi connectivity index (χ3v) is 6.91. The van der Waals surface area contributed by atoms with Gasteiger partial charge in [0.25, 0.3) is 0 Å². The second-order valence-electron chi connectivity index (χ2n) is 6.39. The molecule has 0 saturated heterocycles. The highest BCUT2D eigenvalue weighted by Crippen LogP contribution is 2.32. The van der Waals surface area contributed by atoms with Crippen LogP contribution in [0.15, 0.2) is 29.2 Å². The Hall–Kier alpha value is -1.48. The average molecular weight is 414 g/mol. The minimum absolute atomic E-state index is 0.00278. The van der Waals surface area contributed by atoms with Crippen LogP contribution in [0.2, 0.25) is 5.02 Å². The average Bonchev–Trinajstić information content (AvgIpc) is 2.95. The normalized spacial score (nSPS) is 16.9. The summed E-state index contributed by atoms with van der Waals surface area (Å²) >= 11 is 7.32. The Bertz CT molecular complexity index is 912. The number of thiazole rings is 1. The molecule has 0 aliphatic heterocycles. The van der Waals surface area contributed by atoms with E-state index in [0.29, 0.717) is 16.1 Å². The Balaban J connectivity index is 1.52. The van der Waals surface area contributed by atoms with Crippen LogP contribution in [0.5, 0.6) is 0 Å². The zero-order valence-corrected chi connectivity index (χ0v) is 16.7. The molecule has 1 aliphatic carbocycles. The van der Waals surface area contributed by atoms with Gasteiger partial charge >= 0.3 is 0 Å². The maximum Gasteiger partial charge on any atom is 0.240 e. The number of benzene rings is 1. The fourth-order valence-corrected chi connectivity index (χ4v) is 5.31. The monoisotopic (exact) mass is 413 g/mol. The van der Waals surface area contributed by atoms with Gasteiger partial charge in [0, 0.05) is 22.9 Å². The highest BCUT2D eigenvalue weighted by molar-refractivity contribution is 7.89. The Kier molecular flexibility index (Phi) is 5.96. The first kappa shape index (κ1) is 19.3. The van der Waals surface area contributed by atoms with Gasteiger partial charge in [0.2, 0.25) is 15.9 Å². The van der Waals surface area contributed by atoms with Crippen LogP contribution >= 0.6 is 22.9 Å². The largest absolute Gasteiger partial charge is 0.302 e. The fourth-order valence-electron chi connectivity index (χ4n) is 2.79. The number of anilines is 1. The smallest absolute Gasteiger partial charge is 0.240 e. The van der Waals surface area contributed by atoms with Gasteiger partial charge in [-0.25, -0.2) is 18.1 Å². The zero-order valence-electron chi connectivity index (χ0n) is 14.3. The van der Waals surface area contributed by atoms with Crippen LogP contribution in [-0.2, 0) is 27.7 Å². The highest BCUT2D eigenvalue weighted by Gasteiger charge is 2.20. The van der Waals surface area contributed by atoms with Crippen molar-refractivity contribution in [2.75, 3.05) is 11.9 Å². The van der Waals surface area contributed by atoms with Crippen molar-refractivity contribution in [1.82, 2.24) is 9.71 Å². The molecule has 9 heteroatoms. The lowest BCUT2D eigenvalue weighted by Crippen LogP contribution is -2.27. The minimum atomic E-state index is -3.69. The van der Waals surface area contributed by atoms with Crippen molar-refractivity contribution < 1.29 is 13.2 Å². The van der Waals surface area contributed by atoms with Crippen molar-refractivity contribution >= 4 is 44.0 Å². The van der Waals surface area contributed by atoms with Crippen LogP contribution in [0.4, 0.5) is 5.13 Å². The molecule has 6 nitrogen and oxygen atoms in total. The summed E-state index contributed by atoms with van der Waals surface area (Å²) in [4.78, 5) is 17.9. The summed E-state index contributed by atoms with van der Waals surface area (Å²) in [5, 5.41) is 3.69. The standard InChI is InChI=1S/C17H20ClN3O3S2/c1-11-5-6-14-15(9-11)25-17(20-14)21-16(22)7-8-19-26(23,24)13-4-2-3-12(18)10-13/h2-4,10-11,19H,5-9H2,1H3,(H,20,21,22). The van der Waals surface area contributed by atoms with Crippen LogP contribution in [0, 0.1) is 5.92 Å². The third kappa shape index (κ3) is 4.82. The Morgan fingerprint density at radius 3 is 3.00 bits per heavy atom. The number of carbonyl (C=O) groups is 1. The number of fused-ring (bicyclic) bond motifs is 1. The van der Waals surface area contributed by atoms with Crippen LogP contribution in [0.3, 0.4) is 0 Å². The first-order chi connectivity index (χ1) is 12.3. The number of hydrogen-bond donors (Lipinski definition) is 2. The Morgan fingerprint density at radius 1 is 1.42 bits per heavy atom. The summed E-state index contributed by atoms with van der Waals surface area (Å²) in [5.74, 6) is 0.380. The van der Waals surface area contributed by atoms with Crippen LogP contribution in [0.1, 0.15) is 30.3 Å². The molecule has 0 saturated carbocycles. The van der Waals surface area contributed by atoms with E-state index in [1.54, 1.807) is 12.1 Å². The number of hydrogen-bond acceptors (Lipinski definition) is 5. The molecule has 0 bridgehead atoms. The molecule has 26 heavy (non-hydrogen) atoms. The number of nitrogens with zero attached hydrogens (tertiary/aromatic N) is 1. The second kappa shape index (κ2) is 8.04. The molecule has 1 aliphatic rings. The van der Waals surface area contributed by atoms with E-state index < -0.39 is 10.0 Å². The minimum Gasteiger partial charge on any atom is -0.302 e. The van der Waals surface area contributed by atoms with Gasteiger partial charge in [-0.3, -0.25) is 4.79 Å². The summed E-state index contributed by atoms with van der Waals surface area (Å²) in [6.45, 7) is 2.22. The lowest BCUT2D eigenvalue weighted by Gasteiger charge is -2.15. The molecule has 3 rings (SSSR count). The van der Waals surface area contributed by atoms with E-state index in [-0.39, 0.29) is 23.8 Å². The van der Waals surface area contributed by atoms with Crippen molar-refractivity contribution in [2.45, 2.75) is 37.5 Å². The molecule has 2 aromatic rings. The number of aromatic nitrogens is 1. The quantitative estimate of drug-likeness (QED) is 0.760. The maximum absolute atomic E-state index is 12.2. The number of sulfonamides is 1. The summed E-state index contributed by atoms with van der Waals surface area (Å²) in [6.07, 6.45) is 3.10. The van der Waals surface area contributed by atoms with E-state index in [4.69, 9.17) is 11.6 Å². The predicted octanol–water partition coefficient (Wildman–Crippen LogP) is 3.23. The van der Waals surface area contributed by atoms with Crippen LogP contribution in [-0.4, -0.2) is 25.9 Å². The summed E-state index contributed by atoms with van der Waals surface area (Å²) in [7, 11) is -3.69. The third-order valence-electron chi connectivity index (χ3n) is 4.18. The summed E-state index contributed by atoms with van der Waals surface area (Å²) in [5.41, 5.74) is 1.07. The van der Waals surface area contributed by atoms with E-state index in [2.05, 4.69) is 21.9 Å². The number of halogens is 1. The highest BCUT2D eigenvalue weighted by atomic mass is 35.5. The molecule has 1 aromatic carbocycles. The number of rotatable bonds is 6. The van der Waals surface area contributed by atoms with E-state index in [1.807, 2.05) is 0 Å². The van der Waals surface area contributed by atoms with E-state index in [0.717, 1.165) is 25.0 Å². The topological polar surface area (TPSA) is 88.2 Å². The van der Waals surface area contributed by atoms with Crippen molar-refractivity contribution in [1.29, 1.82) is 0 Å². The SMILES string of the molecule is CC1CCc2nc(NC(=O)CCNS(=O)(=O)c3cccc(Cl)c3)sc2C1. The van der Waals surface area contributed by atoms with Crippen LogP contribution in [0.25, 0.3) is 0 Å². The molecule has 0 radical (unpaired) electrons. The maximum atomic E-state index is 12.2. The fraction of sp³-hybridized carbons (Fsp3) is 0.412. The van der Waals surface area contributed by atoms with Crippen molar-refractivity contribution in [2.24, 2.45) is 5.92 Å². The van der Waals surface area contributed by atoms with Gasteiger partial charge in [-0.15, -0.1) is 11.3 Å². The van der Waals surface area contributed by atoms with E-state index >= 15 is 0 Å². The molecule has 140 valence electrons. The van der Waals surface area contributed by atoms with Gasteiger partial charge in [-0.05, 0) is 43.4 Å². The number of carbonyl (C=O) groups excluding carboxylic acids is 1. The van der Waals surface area contributed by atoms with Crippen molar-refractivity contribution in [3.8, 4) is 0 Å².